The predicted molar refractivity (Wildman–Crippen MR) is 182 cm³/mol. The van der Waals surface area contributed by atoms with Crippen molar-refractivity contribution in [2.75, 3.05) is 6.61 Å². The molecule has 1 N–H and O–H groups in total. The molecular formula is C38H68O5. The Kier molecular flexibility index (Phi) is 22.2. The number of aromatic hydroxyl groups is 1. The molecule has 1 aromatic carbocycles. The molecule has 0 aliphatic carbocycles. The van der Waals surface area contributed by atoms with Gasteiger partial charge in [-0.3, -0.25) is 9.59 Å². The summed E-state index contributed by atoms with van der Waals surface area (Å²) >= 11 is 0. The zero-order valence-electron chi connectivity index (χ0n) is 29.7. The fourth-order valence-corrected chi connectivity index (χ4v) is 4.95. The molecule has 0 aliphatic heterocycles. The number of carbonyl (C=O) groups excluding carboxylic acids is 2. The first-order chi connectivity index (χ1) is 20.3. The third kappa shape index (κ3) is 20.5. The topological polar surface area (TPSA) is 72.8 Å². The van der Waals surface area contributed by atoms with Gasteiger partial charge in [0.1, 0.15) is 11.5 Å². The van der Waals surface area contributed by atoms with Gasteiger partial charge in [0, 0.05) is 24.0 Å². The number of benzene rings is 1. The first kappa shape index (κ1) is 41.0. The minimum absolute atomic E-state index is 0.0639. The van der Waals surface area contributed by atoms with E-state index in [4.69, 9.17) is 9.47 Å². The molecule has 0 unspecified atom stereocenters. The highest BCUT2D eigenvalue weighted by Gasteiger charge is 2.27. The lowest BCUT2D eigenvalue weighted by molar-refractivity contribution is -0.143. The molecule has 0 atom stereocenters. The van der Waals surface area contributed by atoms with E-state index in [1.165, 1.54) is 96.3 Å². The SMILES string of the molecule is CCC(=O)Oc1cc(C(C)(C)C)c(O)c(C(C)(C)C)c1.CCCCCCCCCCCCCCCCCCOC(=O)CC. The van der Waals surface area contributed by atoms with Crippen LogP contribution in [0.4, 0.5) is 0 Å². The summed E-state index contributed by atoms with van der Waals surface area (Å²) in [5.41, 5.74) is 1.14. The van der Waals surface area contributed by atoms with E-state index in [0.29, 0.717) is 30.9 Å². The molecule has 0 bridgehead atoms. The molecule has 0 radical (unpaired) electrons. The molecule has 0 saturated carbocycles. The van der Waals surface area contributed by atoms with E-state index in [0.717, 1.165) is 17.5 Å². The Morgan fingerprint density at radius 3 is 1.26 bits per heavy atom. The smallest absolute Gasteiger partial charge is 0.310 e. The molecular weight excluding hydrogens is 536 g/mol. The number of phenolic OH excluding ortho intramolecular Hbond substituents is 1. The van der Waals surface area contributed by atoms with Crippen molar-refractivity contribution in [3.63, 3.8) is 0 Å². The average molecular weight is 605 g/mol. The lowest BCUT2D eigenvalue weighted by Crippen LogP contribution is -2.18. The molecule has 43 heavy (non-hydrogen) atoms. The minimum atomic E-state index is -0.268. The molecule has 1 aromatic rings. The summed E-state index contributed by atoms with van der Waals surface area (Å²) in [6.07, 6.45) is 22.8. The van der Waals surface area contributed by atoms with Gasteiger partial charge < -0.3 is 14.6 Å². The van der Waals surface area contributed by atoms with Crippen LogP contribution in [0.2, 0.25) is 0 Å². The number of hydrogen-bond donors (Lipinski definition) is 1. The number of unbranched alkanes of at least 4 members (excludes halogenated alkanes) is 15. The van der Waals surface area contributed by atoms with Crippen LogP contribution >= 0.6 is 0 Å². The number of ether oxygens (including phenoxy) is 2. The van der Waals surface area contributed by atoms with E-state index in [1.54, 1.807) is 19.1 Å². The van der Waals surface area contributed by atoms with Crippen molar-refractivity contribution in [1.29, 1.82) is 0 Å². The maximum Gasteiger partial charge on any atom is 0.310 e. The monoisotopic (exact) mass is 605 g/mol. The highest BCUT2D eigenvalue weighted by molar-refractivity contribution is 5.72. The lowest BCUT2D eigenvalue weighted by atomic mass is 9.79. The molecule has 1 rings (SSSR count). The Morgan fingerprint density at radius 2 is 0.930 bits per heavy atom. The highest BCUT2D eigenvalue weighted by Crippen LogP contribution is 2.41. The Labute approximate surface area is 265 Å². The normalized spacial score (nSPS) is 11.6. The van der Waals surface area contributed by atoms with Gasteiger partial charge in [-0.15, -0.1) is 0 Å². The van der Waals surface area contributed by atoms with E-state index in [9.17, 15) is 14.7 Å². The van der Waals surface area contributed by atoms with E-state index in [1.807, 2.05) is 48.5 Å². The third-order valence-electron chi connectivity index (χ3n) is 7.77. The van der Waals surface area contributed by atoms with Crippen molar-refractivity contribution >= 4 is 11.9 Å². The number of carbonyl (C=O) groups is 2. The van der Waals surface area contributed by atoms with Crippen molar-refractivity contribution in [1.82, 2.24) is 0 Å². The maximum absolute atomic E-state index is 11.5. The Hall–Kier alpha value is -2.04. The second kappa shape index (κ2) is 23.4. The van der Waals surface area contributed by atoms with Crippen LogP contribution in [0.1, 0.15) is 189 Å². The first-order valence-electron chi connectivity index (χ1n) is 17.5. The van der Waals surface area contributed by atoms with Gasteiger partial charge in [-0.2, -0.15) is 0 Å². The second-order valence-corrected chi connectivity index (χ2v) is 14.1. The summed E-state index contributed by atoms with van der Waals surface area (Å²) in [6.45, 7) is 18.7. The van der Waals surface area contributed by atoms with Gasteiger partial charge in [-0.1, -0.05) is 159 Å². The van der Waals surface area contributed by atoms with Crippen LogP contribution in [-0.2, 0) is 25.2 Å². The molecule has 250 valence electrons. The first-order valence-corrected chi connectivity index (χ1v) is 17.5. The third-order valence-corrected chi connectivity index (χ3v) is 7.77. The highest BCUT2D eigenvalue weighted by atomic mass is 16.5. The molecule has 0 amide bonds. The lowest BCUT2D eigenvalue weighted by Gasteiger charge is -2.27. The summed E-state index contributed by atoms with van der Waals surface area (Å²) < 4.78 is 10.4. The van der Waals surface area contributed by atoms with Gasteiger partial charge in [0.15, 0.2) is 0 Å². The standard InChI is InChI=1S/C21H42O2.C17H26O3/c1-3-5-6-7-8-9-10-11-12-13-14-15-16-17-18-19-20-23-21(22)4-2;1-8-14(18)20-11-9-12(16(2,3)4)15(19)13(10-11)17(5,6)7/h3-20H2,1-2H3;9-10,19H,8H2,1-7H3. The molecule has 5 heteroatoms. The molecule has 0 fully saturated rings. The van der Waals surface area contributed by atoms with Gasteiger partial charge in [0.2, 0.25) is 0 Å². The van der Waals surface area contributed by atoms with Crippen LogP contribution in [0.3, 0.4) is 0 Å². The van der Waals surface area contributed by atoms with Crippen LogP contribution in [0.5, 0.6) is 11.5 Å². The van der Waals surface area contributed by atoms with E-state index in [2.05, 4.69) is 6.92 Å². The van der Waals surface area contributed by atoms with Crippen molar-refractivity contribution < 1.29 is 24.2 Å². The van der Waals surface area contributed by atoms with Crippen molar-refractivity contribution in [2.45, 2.75) is 189 Å². The Bertz CT molecular complexity index is 840. The summed E-state index contributed by atoms with van der Waals surface area (Å²) in [5, 5.41) is 10.5. The predicted octanol–water partition coefficient (Wildman–Crippen LogP) is 11.5. The molecule has 0 spiro atoms. The summed E-state index contributed by atoms with van der Waals surface area (Å²) in [7, 11) is 0. The summed E-state index contributed by atoms with van der Waals surface area (Å²) in [6, 6.07) is 3.52. The number of rotatable bonds is 20. The zero-order valence-corrected chi connectivity index (χ0v) is 29.7. The van der Waals surface area contributed by atoms with Gasteiger partial charge >= 0.3 is 11.9 Å². The summed E-state index contributed by atoms with van der Waals surface area (Å²) in [4.78, 5) is 22.5. The van der Waals surface area contributed by atoms with Crippen LogP contribution in [-0.4, -0.2) is 23.7 Å². The van der Waals surface area contributed by atoms with Crippen LogP contribution < -0.4 is 4.74 Å². The minimum Gasteiger partial charge on any atom is -0.507 e. The number of phenols is 1. The van der Waals surface area contributed by atoms with Crippen molar-refractivity contribution in [3.05, 3.63) is 23.3 Å². The quantitative estimate of drug-likeness (QED) is 0.0910. The summed E-state index contributed by atoms with van der Waals surface area (Å²) in [5.74, 6) is 0.465. The zero-order chi connectivity index (χ0) is 32.7. The van der Waals surface area contributed by atoms with Crippen LogP contribution in [0.15, 0.2) is 12.1 Å². The second-order valence-electron chi connectivity index (χ2n) is 14.1. The van der Waals surface area contributed by atoms with Crippen molar-refractivity contribution in [3.8, 4) is 11.5 Å². The number of hydrogen-bond acceptors (Lipinski definition) is 5. The van der Waals surface area contributed by atoms with Crippen LogP contribution in [0, 0.1) is 0 Å². The molecule has 0 aliphatic rings. The fraction of sp³-hybridized carbons (Fsp3) is 0.789. The Morgan fingerprint density at radius 1 is 0.581 bits per heavy atom. The van der Waals surface area contributed by atoms with Gasteiger partial charge in [0.05, 0.1) is 6.61 Å². The fourth-order valence-electron chi connectivity index (χ4n) is 4.95. The van der Waals surface area contributed by atoms with E-state index >= 15 is 0 Å². The van der Waals surface area contributed by atoms with E-state index in [-0.39, 0.29) is 22.8 Å². The molecule has 0 saturated heterocycles. The average Bonchev–Trinajstić information content (AvgIpc) is 2.94. The van der Waals surface area contributed by atoms with Crippen molar-refractivity contribution in [2.24, 2.45) is 0 Å². The molecule has 5 nitrogen and oxygen atoms in total. The number of esters is 2. The van der Waals surface area contributed by atoms with Gasteiger partial charge in [-0.05, 0) is 29.4 Å². The van der Waals surface area contributed by atoms with Gasteiger partial charge in [-0.25, -0.2) is 0 Å². The van der Waals surface area contributed by atoms with Gasteiger partial charge in [0.25, 0.3) is 0 Å². The Balaban J connectivity index is 0.000000827. The molecule has 0 heterocycles. The van der Waals surface area contributed by atoms with Crippen LogP contribution in [0.25, 0.3) is 0 Å². The largest absolute Gasteiger partial charge is 0.507 e. The van der Waals surface area contributed by atoms with E-state index < -0.39 is 0 Å². The molecule has 0 aromatic heterocycles. The maximum atomic E-state index is 11.5.